The summed E-state index contributed by atoms with van der Waals surface area (Å²) >= 11 is 4.32. The summed E-state index contributed by atoms with van der Waals surface area (Å²) in [4.78, 5) is 12.6. The monoisotopic (exact) mass is 236 g/mol. The molecule has 0 aromatic heterocycles. The average Bonchev–Trinajstić information content (AvgIpc) is 2.28. The molecule has 0 fully saturated rings. The first-order valence-corrected chi connectivity index (χ1v) is 6.13. The molecule has 0 aliphatic heterocycles. The van der Waals surface area contributed by atoms with Gasteiger partial charge >= 0.3 is 5.97 Å². The van der Waals surface area contributed by atoms with Crippen LogP contribution in [0.5, 0.6) is 0 Å². The SMILES string of the molecule is CCOC(=O)C1CCc2cc(S)ccc2C1. The van der Waals surface area contributed by atoms with Gasteiger partial charge < -0.3 is 4.74 Å². The van der Waals surface area contributed by atoms with Gasteiger partial charge in [-0.25, -0.2) is 0 Å². The molecule has 0 spiro atoms. The van der Waals surface area contributed by atoms with Crippen molar-refractivity contribution in [2.24, 2.45) is 5.92 Å². The van der Waals surface area contributed by atoms with Crippen LogP contribution in [0.15, 0.2) is 23.1 Å². The molecular weight excluding hydrogens is 220 g/mol. The molecule has 16 heavy (non-hydrogen) atoms. The van der Waals surface area contributed by atoms with Crippen LogP contribution in [0.1, 0.15) is 24.5 Å². The Morgan fingerprint density at radius 2 is 2.31 bits per heavy atom. The summed E-state index contributed by atoms with van der Waals surface area (Å²) in [5.74, 6) is -0.0127. The zero-order valence-electron chi connectivity index (χ0n) is 9.40. The maximum absolute atomic E-state index is 11.6. The maximum Gasteiger partial charge on any atom is 0.309 e. The van der Waals surface area contributed by atoms with Crippen molar-refractivity contribution in [1.82, 2.24) is 0 Å². The second-order valence-electron chi connectivity index (χ2n) is 4.14. The molecule has 1 aromatic rings. The molecule has 1 unspecified atom stereocenters. The summed E-state index contributed by atoms with van der Waals surface area (Å²) < 4.78 is 5.07. The van der Waals surface area contributed by atoms with E-state index in [1.54, 1.807) is 0 Å². The van der Waals surface area contributed by atoms with Crippen molar-refractivity contribution in [2.45, 2.75) is 31.1 Å². The Morgan fingerprint density at radius 3 is 3.06 bits per heavy atom. The standard InChI is InChI=1S/C13H16O2S/c1-2-15-13(14)11-4-3-10-8-12(16)6-5-9(10)7-11/h5-6,8,11,16H,2-4,7H2,1H3. The van der Waals surface area contributed by atoms with Crippen LogP contribution in [0.25, 0.3) is 0 Å². The van der Waals surface area contributed by atoms with Gasteiger partial charge in [-0.05, 0) is 49.4 Å². The highest BCUT2D eigenvalue weighted by Crippen LogP contribution is 2.28. The van der Waals surface area contributed by atoms with E-state index in [-0.39, 0.29) is 11.9 Å². The third-order valence-corrected chi connectivity index (χ3v) is 3.32. The van der Waals surface area contributed by atoms with E-state index in [4.69, 9.17) is 4.74 Å². The molecule has 0 amide bonds. The largest absolute Gasteiger partial charge is 0.466 e. The van der Waals surface area contributed by atoms with Gasteiger partial charge in [0.15, 0.2) is 0 Å². The molecular formula is C13H16O2S. The predicted octanol–water partition coefficient (Wildman–Crippen LogP) is 2.64. The number of rotatable bonds is 2. The fourth-order valence-corrected chi connectivity index (χ4v) is 2.43. The minimum absolute atomic E-state index is 0.0400. The van der Waals surface area contributed by atoms with E-state index in [9.17, 15) is 4.79 Å². The smallest absolute Gasteiger partial charge is 0.309 e. The fourth-order valence-electron chi connectivity index (χ4n) is 2.20. The highest BCUT2D eigenvalue weighted by Gasteiger charge is 2.25. The van der Waals surface area contributed by atoms with Gasteiger partial charge in [0.1, 0.15) is 0 Å². The van der Waals surface area contributed by atoms with Gasteiger partial charge in [0.25, 0.3) is 0 Å². The minimum Gasteiger partial charge on any atom is -0.466 e. The highest BCUT2D eigenvalue weighted by atomic mass is 32.1. The van der Waals surface area contributed by atoms with Crippen molar-refractivity contribution in [2.75, 3.05) is 6.61 Å². The summed E-state index contributed by atoms with van der Waals surface area (Å²) in [6, 6.07) is 6.15. The Morgan fingerprint density at radius 1 is 1.50 bits per heavy atom. The van der Waals surface area contributed by atoms with Gasteiger partial charge in [-0.3, -0.25) is 4.79 Å². The third-order valence-electron chi connectivity index (χ3n) is 3.04. The van der Waals surface area contributed by atoms with Crippen molar-refractivity contribution in [1.29, 1.82) is 0 Å². The molecule has 0 radical (unpaired) electrons. The van der Waals surface area contributed by atoms with E-state index in [1.165, 1.54) is 11.1 Å². The van der Waals surface area contributed by atoms with Gasteiger partial charge in [0, 0.05) is 4.90 Å². The van der Waals surface area contributed by atoms with Crippen molar-refractivity contribution in [3.8, 4) is 0 Å². The van der Waals surface area contributed by atoms with Crippen LogP contribution in [0, 0.1) is 5.92 Å². The fraction of sp³-hybridized carbons (Fsp3) is 0.462. The third kappa shape index (κ3) is 2.40. The summed E-state index contributed by atoms with van der Waals surface area (Å²) in [5.41, 5.74) is 2.59. The summed E-state index contributed by atoms with van der Waals surface area (Å²) in [6.07, 6.45) is 2.65. The van der Waals surface area contributed by atoms with E-state index in [0.29, 0.717) is 6.61 Å². The quantitative estimate of drug-likeness (QED) is 0.631. The van der Waals surface area contributed by atoms with E-state index < -0.39 is 0 Å². The summed E-state index contributed by atoms with van der Waals surface area (Å²) in [5, 5.41) is 0. The summed E-state index contributed by atoms with van der Waals surface area (Å²) in [6.45, 7) is 2.32. The molecule has 0 heterocycles. The lowest BCUT2D eigenvalue weighted by Crippen LogP contribution is -2.24. The van der Waals surface area contributed by atoms with Gasteiger partial charge in [0.05, 0.1) is 12.5 Å². The van der Waals surface area contributed by atoms with E-state index >= 15 is 0 Å². The van der Waals surface area contributed by atoms with E-state index in [1.807, 2.05) is 13.0 Å². The molecule has 1 atom stereocenters. The van der Waals surface area contributed by atoms with E-state index in [2.05, 4.69) is 24.8 Å². The Labute approximate surface area is 101 Å². The number of fused-ring (bicyclic) bond motifs is 1. The number of carbonyl (C=O) groups excluding carboxylic acids is 1. The Balaban J connectivity index is 2.12. The first-order chi connectivity index (χ1) is 7.70. The number of hydrogen-bond donors (Lipinski definition) is 1. The number of thiol groups is 1. The highest BCUT2D eigenvalue weighted by molar-refractivity contribution is 7.80. The Kier molecular flexibility index (Phi) is 3.54. The molecule has 2 nitrogen and oxygen atoms in total. The normalized spacial score (nSPS) is 19.0. The molecule has 1 aliphatic carbocycles. The van der Waals surface area contributed by atoms with Crippen LogP contribution in [-0.2, 0) is 22.4 Å². The first-order valence-electron chi connectivity index (χ1n) is 5.68. The zero-order valence-corrected chi connectivity index (χ0v) is 10.3. The number of hydrogen-bond acceptors (Lipinski definition) is 3. The lowest BCUT2D eigenvalue weighted by molar-refractivity contribution is -0.148. The predicted molar refractivity (Wildman–Crippen MR) is 65.8 cm³/mol. The van der Waals surface area contributed by atoms with Gasteiger partial charge in [-0.2, -0.15) is 0 Å². The van der Waals surface area contributed by atoms with Crippen LogP contribution in [0.3, 0.4) is 0 Å². The van der Waals surface area contributed by atoms with Crippen LogP contribution in [0.4, 0.5) is 0 Å². The second-order valence-corrected chi connectivity index (χ2v) is 4.66. The molecule has 2 rings (SSSR count). The lowest BCUT2D eigenvalue weighted by Gasteiger charge is -2.23. The lowest BCUT2D eigenvalue weighted by atomic mass is 9.84. The number of ether oxygens (including phenoxy) is 1. The van der Waals surface area contributed by atoms with Crippen LogP contribution in [-0.4, -0.2) is 12.6 Å². The first kappa shape index (κ1) is 11.5. The molecule has 86 valence electrons. The molecule has 0 saturated heterocycles. The van der Waals surface area contributed by atoms with Crippen molar-refractivity contribution >= 4 is 18.6 Å². The second kappa shape index (κ2) is 4.91. The molecule has 1 aromatic carbocycles. The maximum atomic E-state index is 11.6. The van der Waals surface area contributed by atoms with Gasteiger partial charge in [-0.15, -0.1) is 12.6 Å². The minimum atomic E-state index is -0.0527. The number of aryl methyl sites for hydroxylation is 1. The van der Waals surface area contributed by atoms with Crippen molar-refractivity contribution in [3.05, 3.63) is 29.3 Å². The molecule has 3 heteroatoms. The number of esters is 1. The van der Waals surface area contributed by atoms with Crippen LogP contribution >= 0.6 is 12.6 Å². The topological polar surface area (TPSA) is 26.3 Å². The Bertz CT molecular complexity index is 401. The van der Waals surface area contributed by atoms with Gasteiger partial charge in [0.2, 0.25) is 0 Å². The van der Waals surface area contributed by atoms with Gasteiger partial charge in [-0.1, -0.05) is 6.07 Å². The number of carbonyl (C=O) groups is 1. The number of benzene rings is 1. The Hall–Kier alpha value is -0.960. The van der Waals surface area contributed by atoms with Crippen molar-refractivity contribution in [3.63, 3.8) is 0 Å². The average molecular weight is 236 g/mol. The molecule has 0 N–H and O–H groups in total. The summed E-state index contributed by atoms with van der Waals surface area (Å²) in [7, 11) is 0. The van der Waals surface area contributed by atoms with Crippen molar-refractivity contribution < 1.29 is 9.53 Å². The molecule has 0 saturated carbocycles. The zero-order chi connectivity index (χ0) is 11.5. The van der Waals surface area contributed by atoms with Crippen LogP contribution < -0.4 is 0 Å². The molecule has 0 bridgehead atoms. The van der Waals surface area contributed by atoms with Crippen LogP contribution in [0.2, 0.25) is 0 Å². The van der Waals surface area contributed by atoms with E-state index in [0.717, 1.165) is 24.2 Å². The molecule has 1 aliphatic rings.